The van der Waals surface area contributed by atoms with Crippen LogP contribution in [0.4, 0.5) is 0 Å². The van der Waals surface area contributed by atoms with Crippen LogP contribution in [0.1, 0.15) is 25.7 Å². The Morgan fingerprint density at radius 3 is 2.67 bits per heavy atom. The first kappa shape index (κ1) is 7.16. The molecular weight excluding hydrogens is 130 g/mol. The molecule has 0 heterocycles. The van der Waals surface area contributed by atoms with Crippen LogP contribution in [0, 0.1) is 5.92 Å². The van der Waals surface area contributed by atoms with E-state index in [0.29, 0.717) is 6.54 Å². The molecule has 0 aromatic heterocycles. The molecule has 0 aromatic carbocycles. The summed E-state index contributed by atoms with van der Waals surface area (Å²) < 4.78 is 0. The van der Waals surface area contributed by atoms with Crippen molar-refractivity contribution in [3.8, 4) is 0 Å². The van der Waals surface area contributed by atoms with Gasteiger partial charge < -0.3 is 5.73 Å². The Morgan fingerprint density at radius 2 is 2.22 bits per heavy atom. The lowest BCUT2D eigenvalue weighted by molar-refractivity contribution is 0.759. The van der Waals surface area contributed by atoms with Gasteiger partial charge in [0.1, 0.15) is 0 Å². The number of nitrogens with two attached hydrogens (primary N) is 1. The summed E-state index contributed by atoms with van der Waals surface area (Å²) in [6.45, 7) is 0.599. The maximum Gasteiger partial charge on any atom is 0.0242 e. The molecule has 0 amide bonds. The molecule has 0 unspecified atom stereocenters. The molecule has 2 N–H and O–H groups in total. The van der Waals surface area contributed by atoms with E-state index >= 15 is 0 Å². The highest BCUT2D eigenvalue weighted by atomic mass is 32.1. The number of rotatable bonds is 4. The van der Waals surface area contributed by atoms with Gasteiger partial charge >= 0.3 is 0 Å². The van der Waals surface area contributed by atoms with E-state index < -0.39 is 0 Å². The molecule has 52 valence electrons. The van der Waals surface area contributed by atoms with Crippen molar-refractivity contribution >= 4 is 17.1 Å². The minimum absolute atomic E-state index is 0.599. The van der Waals surface area contributed by atoms with Gasteiger partial charge in [0.15, 0.2) is 0 Å². The van der Waals surface area contributed by atoms with Gasteiger partial charge in [0.25, 0.3) is 0 Å². The standard InChI is InChI=1S/C7H13NS/c8-5-7(9)4-3-6-1-2-6/h6H,1-5,8H2. The molecular formula is C7H13NS. The zero-order valence-corrected chi connectivity index (χ0v) is 6.41. The largest absolute Gasteiger partial charge is 0.326 e. The van der Waals surface area contributed by atoms with Gasteiger partial charge in [0, 0.05) is 11.4 Å². The highest BCUT2D eigenvalue weighted by Crippen LogP contribution is 2.33. The number of hydrogen-bond donors (Lipinski definition) is 1. The predicted molar refractivity (Wildman–Crippen MR) is 43.6 cm³/mol. The van der Waals surface area contributed by atoms with E-state index in [0.717, 1.165) is 17.2 Å². The van der Waals surface area contributed by atoms with Crippen LogP contribution in [-0.2, 0) is 0 Å². The summed E-state index contributed by atoms with van der Waals surface area (Å²) in [7, 11) is 0. The molecule has 2 heteroatoms. The monoisotopic (exact) mass is 143 g/mol. The van der Waals surface area contributed by atoms with E-state index in [1.165, 1.54) is 19.3 Å². The number of thiocarbonyl (C=S) groups is 1. The van der Waals surface area contributed by atoms with E-state index in [4.69, 9.17) is 18.0 Å². The Kier molecular flexibility index (Phi) is 2.61. The van der Waals surface area contributed by atoms with Crippen LogP contribution in [0.25, 0.3) is 0 Å². The van der Waals surface area contributed by atoms with Crippen molar-refractivity contribution < 1.29 is 0 Å². The highest BCUT2D eigenvalue weighted by molar-refractivity contribution is 7.80. The fourth-order valence-electron chi connectivity index (χ4n) is 0.874. The van der Waals surface area contributed by atoms with Crippen LogP contribution in [0.15, 0.2) is 0 Å². The van der Waals surface area contributed by atoms with Crippen molar-refractivity contribution in [2.24, 2.45) is 11.7 Å². The van der Waals surface area contributed by atoms with Crippen LogP contribution in [0.5, 0.6) is 0 Å². The Hall–Kier alpha value is 0.0500. The maximum absolute atomic E-state index is 5.34. The SMILES string of the molecule is NCC(=S)CCC1CC1. The van der Waals surface area contributed by atoms with Crippen molar-refractivity contribution in [2.45, 2.75) is 25.7 Å². The van der Waals surface area contributed by atoms with Gasteiger partial charge in [0.2, 0.25) is 0 Å². The van der Waals surface area contributed by atoms with Gasteiger partial charge in [0.05, 0.1) is 0 Å². The van der Waals surface area contributed by atoms with Crippen molar-refractivity contribution in [3.05, 3.63) is 0 Å². The van der Waals surface area contributed by atoms with E-state index in [9.17, 15) is 0 Å². The van der Waals surface area contributed by atoms with Crippen LogP contribution in [-0.4, -0.2) is 11.4 Å². The molecule has 0 bridgehead atoms. The predicted octanol–water partition coefficient (Wildman–Crippen LogP) is 1.51. The molecule has 1 nitrogen and oxygen atoms in total. The lowest BCUT2D eigenvalue weighted by atomic mass is 10.2. The van der Waals surface area contributed by atoms with Crippen LogP contribution >= 0.6 is 12.2 Å². The van der Waals surface area contributed by atoms with Gasteiger partial charge in [-0.2, -0.15) is 0 Å². The highest BCUT2D eigenvalue weighted by Gasteiger charge is 2.20. The summed E-state index contributed by atoms with van der Waals surface area (Å²) in [5, 5.41) is 0. The van der Waals surface area contributed by atoms with Gasteiger partial charge in [-0.25, -0.2) is 0 Å². The zero-order valence-electron chi connectivity index (χ0n) is 5.60. The van der Waals surface area contributed by atoms with E-state index in [1.807, 2.05) is 0 Å². The smallest absolute Gasteiger partial charge is 0.0242 e. The second-order valence-corrected chi connectivity index (χ2v) is 3.30. The first-order valence-corrected chi connectivity index (χ1v) is 3.95. The van der Waals surface area contributed by atoms with Crippen molar-refractivity contribution in [1.29, 1.82) is 0 Å². The molecule has 9 heavy (non-hydrogen) atoms. The van der Waals surface area contributed by atoms with Gasteiger partial charge in [-0.05, 0) is 18.8 Å². The first-order valence-electron chi connectivity index (χ1n) is 3.54. The van der Waals surface area contributed by atoms with Crippen molar-refractivity contribution in [1.82, 2.24) is 0 Å². The zero-order chi connectivity index (χ0) is 6.69. The molecule has 1 fully saturated rings. The summed E-state index contributed by atoms with van der Waals surface area (Å²) in [5.74, 6) is 0.995. The summed E-state index contributed by atoms with van der Waals surface area (Å²) >= 11 is 4.98. The molecule has 1 aliphatic carbocycles. The third-order valence-electron chi connectivity index (χ3n) is 1.76. The normalized spacial score (nSPS) is 17.9. The van der Waals surface area contributed by atoms with Crippen LogP contribution in [0.2, 0.25) is 0 Å². The fourth-order valence-corrected chi connectivity index (χ4v) is 0.992. The van der Waals surface area contributed by atoms with Gasteiger partial charge in [-0.1, -0.05) is 25.1 Å². The molecule has 0 spiro atoms. The van der Waals surface area contributed by atoms with E-state index in [-0.39, 0.29) is 0 Å². The van der Waals surface area contributed by atoms with Crippen LogP contribution < -0.4 is 5.73 Å². The van der Waals surface area contributed by atoms with Gasteiger partial charge in [-0.15, -0.1) is 0 Å². The number of hydrogen-bond acceptors (Lipinski definition) is 2. The molecule has 0 saturated heterocycles. The summed E-state index contributed by atoms with van der Waals surface area (Å²) in [6.07, 6.45) is 5.22. The Labute approximate surface area is 61.6 Å². The first-order chi connectivity index (χ1) is 4.33. The Balaban J connectivity index is 1.96. The average Bonchev–Trinajstić information content (AvgIpc) is 2.65. The van der Waals surface area contributed by atoms with Gasteiger partial charge in [-0.3, -0.25) is 0 Å². The summed E-state index contributed by atoms with van der Waals surface area (Å²) in [5.41, 5.74) is 5.34. The Bertz CT molecular complexity index is 107. The topological polar surface area (TPSA) is 26.0 Å². The Morgan fingerprint density at radius 1 is 1.56 bits per heavy atom. The lowest BCUT2D eigenvalue weighted by Crippen LogP contribution is -2.10. The molecule has 0 radical (unpaired) electrons. The lowest BCUT2D eigenvalue weighted by Gasteiger charge is -1.96. The molecule has 1 saturated carbocycles. The minimum atomic E-state index is 0.599. The van der Waals surface area contributed by atoms with Crippen LogP contribution in [0.3, 0.4) is 0 Å². The minimum Gasteiger partial charge on any atom is -0.326 e. The second-order valence-electron chi connectivity index (χ2n) is 2.72. The van der Waals surface area contributed by atoms with Crippen molar-refractivity contribution in [2.75, 3.05) is 6.54 Å². The van der Waals surface area contributed by atoms with E-state index in [1.54, 1.807) is 0 Å². The molecule has 0 aromatic rings. The fraction of sp³-hybridized carbons (Fsp3) is 0.857. The molecule has 1 rings (SSSR count). The quantitative estimate of drug-likeness (QED) is 0.604. The summed E-state index contributed by atoms with van der Waals surface area (Å²) in [6, 6.07) is 0. The van der Waals surface area contributed by atoms with Crippen molar-refractivity contribution in [3.63, 3.8) is 0 Å². The summed E-state index contributed by atoms with van der Waals surface area (Å²) in [4.78, 5) is 1.04. The third-order valence-corrected chi connectivity index (χ3v) is 2.13. The molecule has 1 aliphatic rings. The molecule has 0 aliphatic heterocycles. The maximum atomic E-state index is 5.34. The molecule has 0 atom stereocenters. The average molecular weight is 143 g/mol. The van der Waals surface area contributed by atoms with E-state index in [2.05, 4.69) is 0 Å². The third kappa shape index (κ3) is 2.92. The second kappa shape index (κ2) is 3.28.